The molecule has 5 nitrogen and oxygen atoms in total. The quantitative estimate of drug-likeness (QED) is 0.719. The van der Waals surface area contributed by atoms with Gasteiger partial charge in [-0.25, -0.2) is 4.79 Å². The average molecular weight is 333 g/mol. The van der Waals surface area contributed by atoms with E-state index >= 15 is 0 Å². The Labute approximate surface area is 145 Å². The predicted octanol–water partition coefficient (Wildman–Crippen LogP) is 2.66. The van der Waals surface area contributed by atoms with Crippen molar-refractivity contribution in [1.82, 2.24) is 15.5 Å². The Kier molecular flexibility index (Phi) is 7.89. The molecule has 1 heterocycles. The van der Waals surface area contributed by atoms with Gasteiger partial charge in [-0.1, -0.05) is 19.1 Å². The first kappa shape index (κ1) is 18.6. The number of likely N-dealkylation sites (tertiary alicyclic amines) is 1. The molecule has 134 valence electrons. The summed E-state index contributed by atoms with van der Waals surface area (Å²) in [7, 11) is 1.66. The van der Waals surface area contributed by atoms with E-state index in [1.165, 1.54) is 25.9 Å². The predicted molar refractivity (Wildman–Crippen MR) is 97.6 cm³/mol. The molecule has 2 amide bonds. The Morgan fingerprint density at radius 2 is 2.00 bits per heavy atom. The number of ether oxygens (including phenoxy) is 1. The van der Waals surface area contributed by atoms with E-state index in [1.807, 2.05) is 24.3 Å². The minimum Gasteiger partial charge on any atom is -0.497 e. The average Bonchev–Trinajstić information content (AvgIpc) is 2.60. The third-order valence-corrected chi connectivity index (χ3v) is 4.65. The summed E-state index contributed by atoms with van der Waals surface area (Å²) in [4.78, 5) is 14.3. The van der Waals surface area contributed by atoms with Crippen LogP contribution in [0.3, 0.4) is 0 Å². The van der Waals surface area contributed by atoms with Crippen LogP contribution in [-0.2, 0) is 6.42 Å². The third kappa shape index (κ3) is 6.79. The fourth-order valence-electron chi connectivity index (χ4n) is 3.00. The van der Waals surface area contributed by atoms with Gasteiger partial charge < -0.3 is 20.3 Å². The normalized spacial score (nSPS) is 15.9. The number of urea groups is 1. The van der Waals surface area contributed by atoms with Gasteiger partial charge in [0.25, 0.3) is 0 Å². The first-order valence-corrected chi connectivity index (χ1v) is 9.04. The van der Waals surface area contributed by atoms with E-state index in [0.717, 1.165) is 43.2 Å². The number of carbonyl (C=O) groups is 1. The van der Waals surface area contributed by atoms with Crippen LogP contribution in [-0.4, -0.2) is 50.8 Å². The van der Waals surface area contributed by atoms with Gasteiger partial charge in [0.15, 0.2) is 0 Å². The number of methoxy groups -OCH3 is 1. The molecule has 1 saturated heterocycles. The molecular weight excluding hydrogens is 302 g/mol. The molecule has 0 atom stereocenters. The van der Waals surface area contributed by atoms with Crippen molar-refractivity contribution in [3.05, 3.63) is 29.8 Å². The van der Waals surface area contributed by atoms with E-state index in [2.05, 4.69) is 22.5 Å². The maximum absolute atomic E-state index is 11.8. The number of benzene rings is 1. The van der Waals surface area contributed by atoms with Gasteiger partial charge in [0.2, 0.25) is 0 Å². The van der Waals surface area contributed by atoms with Crippen molar-refractivity contribution in [2.24, 2.45) is 5.92 Å². The summed E-state index contributed by atoms with van der Waals surface area (Å²) in [5.41, 5.74) is 1.16. The molecule has 1 fully saturated rings. The fraction of sp³-hybridized carbons (Fsp3) is 0.632. The zero-order chi connectivity index (χ0) is 17.2. The number of hydrogen-bond donors (Lipinski definition) is 2. The van der Waals surface area contributed by atoms with Gasteiger partial charge in [0, 0.05) is 13.1 Å². The molecule has 1 aliphatic heterocycles. The van der Waals surface area contributed by atoms with Crippen LogP contribution >= 0.6 is 0 Å². The smallest absolute Gasteiger partial charge is 0.314 e. The van der Waals surface area contributed by atoms with Gasteiger partial charge in [-0.15, -0.1) is 0 Å². The second-order valence-electron chi connectivity index (χ2n) is 6.66. The molecule has 1 aromatic rings. The summed E-state index contributed by atoms with van der Waals surface area (Å²) in [6.07, 6.45) is 4.42. The standard InChI is InChI=1S/C19H31N3O2/c1-16-8-13-22(14-9-16)12-4-10-20-19(23)21-11-7-17-5-3-6-18(15-17)24-2/h3,5-6,15-16H,4,7-14H2,1-2H3,(H2,20,21,23). The molecule has 2 N–H and O–H groups in total. The second-order valence-corrected chi connectivity index (χ2v) is 6.66. The van der Waals surface area contributed by atoms with Gasteiger partial charge in [-0.3, -0.25) is 0 Å². The SMILES string of the molecule is COc1cccc(CCNC(=O)NCCCN2CCC(C)CC2)c1. The van der Waals surface area contributed by atoms with Crippen LogP contribution in [0.15, 0.2) is 24.3 Å². The van der Waals surface area contributed by atoms with Crippen molar-refractivity contribution in [2.75, 3.05) is 39.8 Å². The van der Waals surface area contributed by atoms with Crippen LogP contribution in [0, 0.1) is 5.92 Å². The van der Waals surface area contributed by atoms with E-state index in [1.54, 1.807) is 7.11 Å². The molecule has 0 saturated carbocycles. The lowest BCUT2D eigenvalue weighted by molar-refractivity contribution is 0.190. The lowest BCUT2D eigenvalue weighted by Crippen LogP contribution is -2.39. The summed E-state index contributed by atoms with van der Waals surface area (Å²) in [5, 5.41) is 5.85. The number of piperidine rings is 1. The summed E-state index contributed by atoms with van der Waals surface area (Å²) in [5.74, 6) is 1.72. The fourth-order valence-corrected chi connectivity index (χ4v) is 3.00. The molecule has 1 aromatic carbocycles. The van der Waals surface area contributed by atoms with Crippen molar-refractivity contribution in [3.8, 4) is 5.75 Å². The highest BCUT2D eigenvalue weighted by atomic mass is 16.5. The Hall–Kier alpha value is -1.75. The molecule has 0 aliphatic carbocycles. The van der Waals surface area contributed by atoms with Crippen LogP contribution in [0.1, 0.15) is 31.7 Å². The van der Waals surface area contributed by atoms with Crippen molar-refractivity contribution in [1.29, 1.82) is 0 Å². The zero-order valence-corrected chi connectivity index (χ0v) is 15.0. The largest absolute Gasteiger partial charge is 0.497 e. The van der Waals surface area contributed by atoms with Gasteiger partial charge in [0.1, 0.15) is 5.75 Å². The molecule has 24 heavy (non-hydrogen) atoms. The summed E-state index contributed by atoms with van der Waals surface area (Å²) < 4.78 is 5.20. The zero-order valence-electron chi connectivity index (χ0n) is 15.0. The summed E-state index contributed by atoms with van der Waals surface area (Å²) in [6, 6.07) is 7.85. The highest BCUT2D eigenvalue weighted by Gasteiger charge is 2.14. The maximum Gasteiger partial charge on any atom is 0.314 e. The second kappa shape index (κ2) is 10.2. The Morgan fingerprint density at radius 3 is 2.75 bits per heavy atom. The minimum atomic E-state index is -0.0786. The lowest BCUT2D eigenvalue weighted by atomic mass is 9.99. The van der Waals surface area contributed by atoms with Crippen LogP contribution in [0.25, 0.3) is 0 Å². The monoisotopic (exact) mass is 333 g/mol. The van der Waals surface area contributed by atoms with Gasteiger partial charge in [-0.05, 0) is 68.9 Å². The van der Waals surface area contributed by atoms with Crippen LogP contribution in [0.5, 0.6) is 5.75 Å². The number of rotatable bonds is 8. The number of nitrogens with one attached hydrogen (secondary N) is 2. The first-order valence-electron chi connectivity index (χ1n) is 9.04. The third-order valence-electron chi connectivity index (χ3n) is 4.65. The van der Waals surface area contributed by atoms with Gasteiger partial charge in [0.05, 0.1) is 7.11 Å². The van der Waals surface area contributed by atoms with Crippen molar-refractivity contribution >= 4 is 6.03 Å². The molecule has 1 aliphatic rings. The Balaban J connectivity index is 1.52. The van der Waals surface area contributed by atoms with E-state index in [4.69, 9.17) is 4.74 Å². The molecular formula is C19H31N3O2. The van der Waals surface area contributed by atoms with Gasteiger partial charge in [-0.2, -0.15) is 0 Å². The highest BCUT2D eigenvalue weighted by molar-refractivity contribution is 5.73. The molecule has 0 spiro atoms. The molecule has 0 radical (unpaired) electrons. The van der Waals surface area contributed by atoms with E-state index in [-0.39, 0.29) is 6.03 Å². The van der Waals surface area contributed by atoms with Gasteiger partial charge >= 0.3 is 6.03 Å². The highest BCUT2D eigenvalue weighted by Crippen LogP contribution is 2.15. The minimum absolute atomic E-state index is 0.0786. The number of carbonyl (C=O) groups excluding carboxylic acids is 1. The number of amides is 2. The van der Waals surface area contributed by atoms with Crippen LogP contribution in [0.4, 0.5) is 4.79 Å². The Morgan fingerprint density at radius 1 is 1.25 bits per heavy atom. The molecule has 2 rings (SSSR count). The molecule has 0 aromatic heterocycles. The van der Waals surface area contributed by atoms with E-state index in [0.29, 0.717) is 6.54 Å². The number of hydrogen-bond acceptors (Lipinski definition) is 3. The van der Waals surface area contributed by atoms with Crippen molar-refractivity contribution in [3.63, 3.8) is 0 Å². The maximum atomic E-state index is 11.8. The molecule has 0 unspecified atom stereocenters. The summed E-state index contributed by atoms with van der Waals surface area (Å²) in [6.45, 7) is 7.17. The first-order chi connectivity index (χ1) is 11.7. The van der Waals surface area contributed by atoms with E-state index in [9.17, 15) is 4.79 Å². The van der Waals surface area contributed by atoms with Crippen LogP contribution < -0.4 is 15.4 Å². The summed E-state index contributed by atoms with van der Waals surface area (Å²) >= 11 is 0. The van der Waals surface area contributed by atoms with Crippen molar-refractivity contribution in [2.45, 2.75) is 32.6 Å². The molecule has 0 bridgehead atoms. The topological polar surface area (TPSA) is 53.6 Å². The lowest BCUT2D eigenvalue weighted by Gasteiger charge is -2.30. The van der Waals surface area contributed by atoms with Crippen molar-refractivity contribution < 1.29 is 9.53 Å². The molecule has 5 heteroatoms. The van der Waals surface area contributed by atoms with E-state index < -0.39 is 0 Å². The Bertz CT molecular complexity index is 499. The van der Waals surface area contributed by atoms with Crippen LogP contribution in [0.2, 0.25) is 0 Å². The number of nitrogens with zero attached hydrogens (tertiary/aromatic N) is 1.